The second kappa shape index (κ2) is 8.84. The molecule has 0 aliphatic carbocycles. The first-order chi connectivity index (χ1) is 12.0. The number of amides is 2. The van der Waals surface area contributed by atoms with Gasteiger partial charge in [0.05, 0.1) is 12.8 Å². The number of carbonyl (C=O) groups excluding carboxylic acids is 2. The molecule has 0 aliphatic rings. The van der Waals surface area contributed by atoms with Crippen LogP contribution in [0, 0.1) is 6.92 Å². The first kappa shape index (κ1) is 18.5. The van der Waals surface area contributed by atoms with E-state index >= 15 is 0 Å². The highest BCUT2D eigenvalue weighted by Gasteiger charge is 2.14. The first-order valence-corrected chi connectivity index (χ1v) is 8.00. The van der Waals surface area contributed by atoms with E-state index in [0.29, 0.717) is 17.3 Å². The maximum Gasteiger partial charge on any atom is 0.329 e. The number of nitrogens with one attached hydrogen (secondary N) is 2. The van der Waals surface area contributed by atoms with Gasteiger partial charge in [-0.1, -0.05) is 17.7 Å². The molecule has 2 aromatic carbocycles. The van der Waals surface area contributed by atoms with Crippen LogP contribution in [-0.4, -0.2) is 24.6 Å². The van der Waals surface area contributed by atoms with E-state index in [1.165, 1.54) is 6.21 Å². The van der Waals surface area contributed by atoms with Gasteiger partial charge in [-0.15, -0.1) is 0 Å². The van der Waals surface area contributed by atoms with E-state index < -0.39 is 11.8 Å². The van der Waals surface area contributed by atoms with Crippen molar-refractivity contribution >= 4 is 35.3 Å². The summed E-state index contributed by atoms with van der Waals surface area (Å²) in [6.45, 7) is 4.29. The van der Waals surface area contributed by atoms with Gasteiger partial charge in [0.1, 0.15) is 5.75 Å². The van der Waals surface area contributed by atoms with Gasteiger partial charge in [-0.3, -0.25) is 9.59 Å². The number of aryl methyl sites for hydroxylation is 1. The molecule has 0 saturated heterocycles. The molecule has 0 aromatic heterocycles. The lowest BCUT2D eigenvalue weighted by Crippen LogP contribution is -2.32. The summed E-state index contributed by atoms with van der Waals surface area (Å²) in [4.78, 5) is 23.7. The molecule has 130 valence electrons. The molecule has 0 heterocycles. The van der Waals surface area contributed by atoms with Crippen molar-refractivity contribution in [1.29, 1.82) is 0 Å². The third kappa shape index (κ3) is 5.61. The molecule has 0 aliphatic heterocycles. The lowest BCUT2D eigenvalue weighted by atomic mass is 10.2. The van der Waals surface area contributed by atoms with Crippen LogP contribution in [0.5, 0.6) is 5.75 Å². The van der Waals surface area contributed by atoms with Gasteiger partial charge in [-0.25, -0.2) is 5.43 Å². The highest BCUT2D eigenvalue weighted by molar-refractivity contribution is 6.40. The predicted molar refractivity (Wildman–Crippen MR) is 98.2 cm³/mol. The molecule has 0 radical (unpaired) electrons. The number of hydrogen-bond donors (Lipinski definition) is 2. The summed E-state index contributed by atoms with van der Waals surface area (Å²) in [6, 6.07) is 12.2. The van der Waals surface area contributed by atoms with E-state index in [4.69, 9.17) is 16.3 Å². The average molecular weight is 360 g/mol. The van der Waals surface area contributed by atoms with E-state index in [9.17, 15) is 9.59 Å². The van der Waals surface area contributed by atoms with Crippen molar-refractivity contribution in [2.45, 2.75) is 13.8 Å². The molecule has 0 atom stereocenters. The SMILES string of the molecule is CCOc1ccc(/C=N\NC(=O)C(=O)Nc2cc(Cl)ccc2C)cc1. The van der Waals surface area contributed by atoms with Crippen LogP contribution >= 0.6 is 11.6 Å². The Morgan fingerprint density at radius 3 is 2.56 bits per heavy atom. The number of halogens is 1. The van der Waals surface area contributed by atoms with Gasteiger partial charge in [0, 0.05) is 10.7 Å². The van der Waals surface area contributed by atoms with E-state index in [1.54, 1.807) is 49.4 Å². The maximum absolute atomic E-state index is 11.9. The summed E-state index contributed by atoms with van der Waals surface area (Å²) in [5.41, 5.74) is 4.21. The summed E-state index contributed by atoms with van der Waals surface area (Å²) in [6.07, 6.45) is 1.44. The minimum Gasteiger partial charge on any atom is -0.494 e. The van der Waals surface area contributed by atoms with Crippen LogP contribution in [0.3, 0.4) is 0 Å². The topological polar surface area (TPSA) is 79.8 Å². The largest absolute Gasteiger partial charge is 0.494 e. The molecule has 25 heavy (non-hydrogen) atoms. The molecule has 2 amide bonds. The highest BCUT2D eigenvalue weighted by Crippen LogP contribution is 2.19. The number of hydrogen-bond acceptors (Lipinski definition) is 4. The Labute approximate surface area is 150 Å². The average Bonchev–Trinajstić information content (AvgIpc) is 2.59. The van der Waals surface area contributed by atoms with Crippen LogP contribution < -0.4 is 15.5 Å². The Hall–Kier alpha value is -2.86. The molecule has 2 rings (SSSR count). The van der Waals surface area contributed by atoms with Crippen molar-refractivity contribution in [3.63, 3.8) is 0 Å². The second-order valence-corrected chi connectivity index (χ2v) is 5.55. The minimum atomic E-state index is -0.874. The van der Waals surface area contributed by atoms with Crippen molar-refractivity contribution in [3.05, 3.63) is 58.6 Å². The Balaban J connectivity index is 1.90. The number of anilines is 1. The standard InChI is InChI=1S/C18H18ClN3O3/c1-3-25-15-8-5-13(6-9-15)11-20-22-18(24)17(23)21-16-10-14(19)7-4-12(16)2/h4-11H,3H2,1-2H3,(H,21,23)(H,22,24)/b20-11-. The van der Waals surface area contributed by atoms with Crippen LogP contribution in [0.25, 0.3) is 0 Å². The van der Waals surface area contributed by atoms with Crippen molar-refractivity contribution in [2.75, 3.05) is 11.9 Å². The van der Waals surface area contributed by atoms with Crippen LogP contribution in [0.2, 0.25) is 5.02 Å². The van der Waals surface area contributed by atoms with E-state index in [1.807, 2.05) is 6.92 Å². The van der Waals surface area contributed by atoms with Crippen LogP contribution in [0.1, 0.15) is 18.1 Å². The Bertz CT molecular complexity index is 789. The second-order valence-electron chi connectivity index (χ2n) is 5.11. The number of rotatable bonds is 5. The van der Waals surface area contributed by atoms with Crippen LogP contribution in [0.4, 0.5) is 5.69 Å². The van der Waals surface area contributed by atoms with Gasteiger partial charge < -0.3 is 10.1 Å². The first-order valence-electron chi connectivity index (χ1n) is 7.63. The number of ether oxygens (including phenoxy) is 1. The van der Waals surface area contributed by atoms with E-state index in [2.05, 4.69) is 15.8 Å². The molecule has 0 unspecified atom stereocenters. The molecule has 6 nitrogen and oxygen atoms in total. The zero-order valence-electron chi connectivity index (χ0n) is 13.9. The van der Waals surface area contributed by atoms with Crippen LogP contribution in [-0.2, 0) is 9.59 Å². The molecule has 7 heteroatoms. The summed E-state index contributed by atoms with van der Waals surface area (Å²) < 4.78 is 5.33. The maximum atomic E-state index is 11.9. The van der Waals surface area contributed by atoms with Gasteiger partial charge in [0.15, 0.2) is 0 Å². The normalized spacial score (nSPS) is 10.5. The Morgan fingerprint density at radius 1 is 1.16 bits per heavy atom. The van der Waals surface area contributed by atoms with Crippen molar-refractivity contribution in [3.8, 4) is 5.75 Å². The Kier molecular flexibility index (Phi) is 6.54. The molecular formula is C18H18ClN3O3. The number of benzene rings is 2. The predicted octanol–water partition coefficient (Wildman–Crippen LogP) is 3.14. The van der Waals surface area contributed by atoms with Gasteiger partial charge >= 0.3 is 11.8 Å². The third-order valence-corrected chi connectivity index (χ3v) is 3.46. The molecular weight excluding hydrogens is 342 g/mol. The zero-order valence-corrected chi connectivity index (χ0v) is 14.6. The molecule has 2 N–H and O–H groups in total. The van der Waals surface area contributed by atoms with Crippen molar-refractivity contribution in [1.82, 2.24) is 5.43 Å². The monoisotopic (exact) mass is 359 g/mol. The van der Waals surface area contributed by atoms with E-state index in [-0.39, 0.29) is 0 Å². The van der Waals surface area contributed by atoms with Crippen molar-refractivity contribution in [2.24, 2.45) is 5.10 Å². The quantitative estimate of drug-likeness (QED) is 0.489. The fraction of sp³-hybridized carbons (Fsp3) is 0.167. The smallest absolute Gasteiger partial charge is 0.329 e. The zero-order chi connectivity index (χ0) is 18.2. The number of nitrogens with zero attached hydrogens (tertiary/aromatic N) is 1. The van der Waals surface area contributed by atoms with Crippen molar-refractivity contribution < 1.29 is 14.3 Å². The molecule has 0 spiro atoms. The Morgan fingerprint density at radius 2 is 1.88 bits per heavy atom. The van der Waals surface area contributed by atoms with Gasteiger partial charge in [-0.05, 0) is 61.4 Å². The lowest BCUT2D eigenvalue weighted by molar-refractivity contribution is -0.136. The highest BCUT2D eigenvalue weighted by atomic mass is 35.5. The molecule has 0 bridgehead atoms. The third-order valence-electron chi connectivity index (χ3n) is 3.22. The summed E-state index contributed by atoms with van der Waals surface area (Å²) in [5.74, 6) is -0.948. The van der Waals surface area contributed by atoms with Gasteiger partial charge in [0.2, 0.25) is 0 Å². The summed E-state index contributed by atoms with van der Waals surface area (Å²) >= 11 is 5.88. The molecule has 0 fully saturated rings. The fourth-order valence-electron chi connectivity index (χ4n) is 1.94. The number of hydrazone groups is 1. The van der Waals surface area contributed by atoms with Crippen LogP contribution in [0.15, 0.2) is 47.6 Å². The van der Waals surface area contributed by atoms with E-state index in [0.717, 1.165) is 16.9 Å². The summed E-state index contributed by atoms with van der Waals surface area (Å²) in [5, 5.41) is 6.73. The minimum absolute atomic E-state index is 0.467. The summed E-state index contributed by atoms with van der Waals surface area (Å²) in [7, 11) is 0. The fourth-order valence-corrected chi connectivity index (χ4v) is 2.11. The van der Waals surface area contributed by atoms with Gasteiger partial charge in [0.25, 0.3) is 0 Å². The number of carbonyl (C=O) groups is 2. The molecule has 2 aromatic rings. The molecule has 0 saturated carbocycles. The lowest BCUT2D eigenvalue weighted by Gasteiger charge is -2.07. The van der Waals surface area contributed by atoms with Gasteiger partial charge in [-0.2, -0.15) is 5.10 Å².